The molecule has 0 saturated carbocycles. The molecule has 9 nitrogen and oxygen atoms in total. The summed E-state index contributed by atoms with van der Waals surface area (Å²) in [5.74, 6) is -0.905. The molecule has 28 heavy (non-hydrogen) atoms. The van der Waals surface area contributed by atoms with Gasteiger partial charge in [-0.3, -0.25) is 35.3 Å². The van der Waals surface area contributed by atoms with Crippen LogP contribution in [0.25, 0.3) is 0 Å². The lowest BCUT2D eigenvalue weighted by Gasteiger charge is -2.34. The van der Waals surface area contributed by atoms with Crippen molar-refractivity contribution >= 4 is 22.9 Å². The quantitative estimate of drug-likeness (QED) is 0.622. The zero-order valence-corrected chi connectivity index (χ0v) is 15.2. The van der Waals surface area contributed by atoms with Crippen LogP contribution in [0.1, 0.15) is 37.2 Å². The summed E-state index contributed by atoms with van der Waals surface area (Å²) in [4.78, 5) is 38.6. The van der Waals surface area contributed by atoms with Gasteiger partial charge < -0.3 is 0 Å². The van der Waals surface area contributed by atoms with Crippen LogP contribution in [0.2, 0.25) is 0 Å². The van der Waals surface area contributed by atoms with E-state index in [4.69, 9.17) is 0 Å². The molecule has 1 unspecified atom stereocenters. The van der Waals surface area contributed by atoms with Crippen LogP contribution >= 0.6 is 0 Å². The number of hydrogen-bond donors (Lipinski definition) is 1. The van der Waals surface area contributed by atoms with E-state index in [9.17, 15) is 25.0 Å². The standard InChI is InChI=1S/C19H18N4O5/c1-11-17(12(2)24)18(13-7-3-5-9-15(13)22(25)26)21-19(20-11)14-8-4-6-10-16(14)23(27)28/h3-10,17-19,21H,1-2H3/t17?,18-,19-/m1/s1. The van der Waals surface area contributed by atoms with Crippen molar-refractivity contribution in [3.63, 3.8) is 0 Å². The van der Waals surface area contributed by atoms with E-state index in [2.05, 4.69) is 10.3 Å². The molecule has 2 aromatic rings. The van der Waals surface area contributed by atoms with Crippen LogP contribution in [-0.4, -0.2) is 21.3 Å². The first kappa shape index (κ1) is 19.3. The average molecular weight is 382 g/mol. The molecular formula is C19H18N4O5. The van der Waals surface area contributed by atoms with Gasteiger partial charge in [-0.1, -0.05) is 30.3 Å². The summed E-state index contributed by atoms with van der Waals surface area (Å²) in [7, 11) is 0. The first-order chi connectivity index (χ1) is 13.3. The third kappa shape index (κ3) is 3.52. The first-order valence-corrected chi connectivity index (χ1v) is 8.58. The Morgan fingerprint density at radius 1 is 0.964 bits per heavy atom. The van der Waals surface area contributed by atoms with E-state index >= 15 is 0 Å². The minimum Gasteiger partial charge on any atom is -0.299 e. The van der Waals surface area contributed by atoms with Crippen LogP contribution in [0.4, 0.5) is 11.4 Å². The van der Waals surface area contributed by atoms with Gasteiger partial charge in [-0.2, -0.15) is 0 Å². The van der Waals surface area contributed by atoms with E-state index in [0.717, 1.165) is 0 Å². The van der Waals surface area contributed by atoms with Gasteiger partial charge >= 0.3 is 0 Å². The molecule has 0 fully saturated rings. The predicted octanol–water partition coefficient (Wildman–Crippen LogP) is 3.51. The highest BCUT2D eigenvalue weighted by Crippen LogP contribution is 2.38. The molecule has 2 aromatic carbocycles. The molecule has 1 heterocycles. The molecule has 0 amide bonds. The maximum absolute atomic E-state index is 12.3. The Kier molecular flexibility index (Phi) is 5.27. The molecule has 3 rings (SSSR count). The Morgan fingerprint density at radius 2 is 1.46 bits per heavy atom. The monoisotopic (exact) mass is 382 g/mol. The van der Waals surface area contributed by atoms with Gasteiger partial charge in [0.05, 0.1) is 27.4 Å². The summed E-state index contributed by atoms with van der Waals surface area (Å²) in [6.07, 6.45) is -0.804. The van der Waals surface area contributed by atoms with E-state index < -0.39 is 28.0 Å². The normalized spacial score (nSPS) is 21.6. The van der Waals surface area contributed by atoms with Crippen LogP contribution in [0.3, 0.4) is 0 Å². The second-order valence-electron chi connectivity index (χ2n) is 6.54. The predicted molar refractivity (Wildman–Crippen MR) is 102 cm³/mol. The number of nitro groups is 2. The maximum Gasteiger partial charge on any atom is 0.276 e. The largest absolute Gasteiger partial charge is 0.299 e. The molecule has 1 N–H and O–H groups in total. The second-order valence-corrected chi connectivity index (χ2v) is 6.54. The fourth-order valence-corrected chi connectivity index (χ4v) is 3.59. The maximum atomic E-state index is 12.3. The number of nitrogens with zero attached hydrogens (tertiary/aromatic N) is 3. The van der Waals surface area contributed by atoms with Crippen LogP contribution in [0, 0.1) is 26.1 Å². The molecule has 0 bridgehead atoms. The molecule has 1 aliphatic heterocycles. The van der Waals surface area contributed by atoms with Gasteiger partial charge in [0.15, 0.2) is 0 Å². The zero-order chi connectivity index (χ0) is 20.4. The van der Waals surface area contributed by atoms with Crippen LogP contribution < -0.4 is 5.32 Å². The molecular weight excluding hydrogens is 364 g/mol. The summed E-state index contributed by atoms with van der Waals surface area (Å²) >= 11 is 0. The third-order valence-corrected chi connectivity index (χ3v) is 4.79. The van der Waals surface area contributed by atoms with Crippen molar-refractivity contribution in [2.45, 2.75) is 26.1 Å². The van der Waals surface area contributed by atoms with Gasteiger partial charge in [-0.25, -0.2) is 0 Å². The molecule has 0 aromatic heterocycles. The minimum atomic E-state index is -0.804. The average Bonchev–Trinajstić information content (AvgIpc) is 2.66. The van der Waals surface area contributed by atoms with Crippen LogP contribution in [0.15, 0.2) is 53.5 Å². The van der Waals surface area contributed by atoms with Crippen molar-refractivity contribution in [1.29, 1.82) is 0 Å². The van der Waals surface area contributed by atoms with Gasteiger partial charge in [0.1, 0.15) is 11.9 Å². The van der Waals surface area contributed by atoms with Crippen molar-refractivity contribution in [2.24, 2.45) is 10.9 Å². The van der Waals surface area contributed by atoms with Crippen molar-refractivity contribution in [2.75, 3.05) is 0 Å². The van der Waals surface area contributed by atoms with E-state index in [-0.39, 0.29) is 17.2 Å². The highest BCUT2D eigenvalue weighted by atomic mass is 16.6. The van der Waals surface area contributed by atoms with E-state index in [1.165, 1.54) is 19.1 Å². The number of nitro benzene ring substituents is 2. The molecule has 144 valence electrons. The van der Waals surface area contributed by atoms with Crippen LogP contribution in [0.5, 0.6) is 0 Å². The Labute approximate surface area is 160 Å². The van der Waals surface area contributed by atoms with Gasteiger partial charge in [-0.15, -0.1) is 0 Å². The molecule has 3 atom stereocenters. The van der Waals surface area contributed by atoms with Gasteiger partial charge in [0.25, 0.3) is 11.4 Å². The fourth-order valence-electron chi connectivity index (χ4n) is 3.59. The number of para-hydroxylation sites is 2. The molecule has 0 spiro atoms. The lowest BCUT2D eigenvalue weighted by atomic mass is 9.84. The van der Waals surface area contributed by atoms with Crippen molar-refractivity contribution in [1.82, 2.24) is 5.32 Å². The summed E-state index contributed by atoms with van der Waals surface area (Å²) in [5.41, 5.74) is 0.905. The van der Waals surface area contributed by atoms with Gasteiger partial charge in [0, 0.05) is 23.4 Å². The zero-order valence-electron chi connectivity index (χ0n) is 15.2. The number of carbonyl (C=O) groups is 1. The molecule has 0 radical (unpaired) electrons. The summed E-state index contributed by atoms with van der Waals surface area (Å²) < 4.78 is 0. The summed E-state index contributed by atoms with van der Waals surface area (Å²) in [5, 5.41) is 26.0. The number of nitrogens with one attached hydrogen (secondary N) is 1. The topological polar surface area (TPSA) is 128 Å². The number of ketones is 1. The SMILES string of the molecule is CC(=O)C1C(C)=N[C@@H](c2ccccc2[N+](=O)[O-])N[C@@H]1c1ccccc1[N+](=O)[O-]. The van der Waals surface area contributed by atoms with Crippen molar-refractivity contribution < 1.29 is 14.6 Å². The number of Topliss-reactive ketones (excluding diaryl/α,β-unsaturated/α-hetero) is 1. The third-order valence-electron chi connectivity index (χ3n) is 4.79. The molecule has 0 saturated heterocycles. The number of aliphatic imine (C=N–C) groups is 1. The first-order valence-electron chi connectivity index (χ1n) is 8.58. The lowest BCUT2D eigenvalue weighted by molar-refractivity contribution is -0.386. The second kappa shape index (κ2) is 7.65. The Morgan fingerprint density at radius 3 is 2.00 bits per heavy atom. The van der Waals surface area contributed by atoms with Gasteiger partial charge in [-0.05, 0) is 19.9 Å². The number of rotatable bonds is 5. The minimum absolute atomic E-state index is 0.112. The molecule has 9 heteroatoms. The molecule has 0 aliphatic carbocycles. The number of benzene rings is 2. The smallest absolute Gasteiger partial charge is 0.276 e. The van der Waals surface area contributed by atoms with Crippen molar-refractivity contribution in [3.8, 4) is 0 Å². The highest BCUT2D eigenvalue weighted by molar-refractivity contribution is 6.04. The Bertz CT molecular complexity index is 988. The summed E-state index contributed by atoms with van der Waals surface area (Å²) in [6, 6.07) is 11.6. The Hall–Kier alpha value is -3.46. The Balaban J connectivity index is 2.14. The lowest BCUT2D eigenvalue weighted by Crippen LogP contribution is -2.42. The summed E-state index contributed by atoms with van der Waals surface area (Å²) in [6.45, 7) is 3.06. The van der Waals surface area contributed by atoms with Crippen LogP contribution in [-0.2, 0) is 4.79 Å². The number of hydrogen-bond acceptors (Lipinski definition) is 7. The number of carbonyl (C=O) groups excluding carboxylic acids is 1. The molecule has 1 aliphatic rings. The van der Waals surface area contributed by atoms with E-state index in [1.54, 1.807) is 43.3 Å². The highest BCUT2D eigenvalue weighted by Gasteiger charge is 2.39. The van der Waals surface area contributed by atoms with E-state index in [1.807, 2.05) is 0 Å². The van der Waals surface area contributed by atoms with Crippen molar-refractivity contribution in [3.05, 3.63) is 79.9 Å². The van der Waals surface area contributed by atoms with E-state index in [0.29, 0.717) is 16.8 Å². The van der Waals surface area contributed by atoms with Gasteiger partial charge in [0.2, 0.25) is 0 Å². The fraction of sp³-hybridized carbons (Fsp3) is 0.263.